The summed E-state index contributed by atoms with van der Waals surface area (Å²) < 4.78 is 23.5. The smallest absolute Gasteiger partial charge is 0.224 e. The highest BCUT2D eigenvalue weighted by Crippen LogP contribution is 2.41. The highest BCUT2D eigenvalue weighted by molar-refractivity contribution is 6.00. The molecule has 174 valence electrons. The molecule has 0 aliphatic heterocycles. The van der Waals surface area contributed by atoms with Crippen molar-refractivity contribution < 1.29 is 13.9 Å². The highest BCUT2D eigenvalue weighted by Gasteiger charge is 2.30. The van der Waals surface area contributed by atoms with Gasteiger partial charge >= 0.3 is 0 Å². The van der Waals surface area contributed by atoms with Gasteiger partial charge in [0.1, 0.15) is 11.6 Å². The number of fused-ring (bicyclic) bond motifs is 1. The number of halogens is 1. The molecule has 34 heavy (non-hydrogen) atoms. The third-order valence-corrected chi connectivity index (χ3v) is 6.14. The molecular weight excluding hydrogens is 427 g/mol. The van der Waals surface area contributed by atoms with Gasteiger partial charge in [0.2, 0.25) is 5.91 Å². The molecule has 0 atom stereocenters. The summed E-state index contributed by atoms with van der Waals surface area (Å²) in [5, 5.41) is 0.722. The summed E-state index contributed by atoms with van der Waals surface area (Å²) in [7, 11) is 1.59. The molecule has 3 aromatic carbocycles. The number of rotatable bonds is 8. The Kier molecular flexibility index (Phi) is 6.55. The number of methoxy groups -OCH3 is 1. The first-order valence-corrected chi connectivity index (χ1v) is 11.3. The minimum Gasteiger partial charge on any atom is -0.497 e. The van der Waals surface area contributed by atoms with Gasteiger partial charge in [-0.3, -0.25) is 4.79 Å². The van der Waals surface area contributed by atoms with Gasteiger partial charge in [-0.05, 0) is 55.7 Å². The molecule has 1 aromatic heterocycles. The van der Waals surface area contributed by atoms with Crippen molar-refractivity contribution in [3.63, 3.8) is 0 Å². The van der Waals surface area contributed by atoms with Crippen molar-refractivity contribution in [2.24, 2.45) is 11.1 Å². The van der Waals surface area contributed by atoms with Crippen LogP contribution in [0.4, 0.5) is 4.39 Å². The van der Waals surface area contributed by atoms with Crippen LogP contribution >= 0.6 is 0 Å². The van der Waals surface area contributed by atoms with Crippen LogP contribution in [-0.4, -0.2) is 17.6 Å². The van der Waals surface area contributed by atoms with Crippen molar-refractivity contribution in [2.45, 2.75) is 26.8 Å². The molecule has 4 aromatic rings. The standard InChI is InChI=1S/C29H29FN2O2/c1-29(2,28(31)33)19-32-25-17-15-22(34-3)18-23(25)26(27(32)21-12-8-5-9-13-21)24(30)16-14-20-10-6-4-7-11-20/h4-13,15-18H,14,19H2,1-3H3,(H2,31,33)/b24-16-. The van der Waals surface area contributed by atoms with E-state index in [-0.39, 0.29) is 5.83 Å². The van der Waals surface area contributed by atoms with E-state index < -0.39 is 11.3 Å². The molecule has 5 heteroatoms. The van der Waals surface area contributed by atoms with Crippen molar-refractivity contribution in [3.8, 4) is 17.0 Å². The van der Waals surface area contributed by atoms with E-state index in [0.29, 0.717) is 30.0 Å². The van der Waals surface area contributed by atoms with Gasteiger partial charge in [-0.2, -0.15) is 0 Å². The second-order valence-corrected chi connectivity index (χ2v) is 9.05. The number of nitrogens with two attached hydrogens (primary N) is 1. The van der Waals surface area contributed by atoms with E-state index >= 15 is 4.39 Å². The van der Waals surface area contributed by atoms with Crippen LogP contribution in [0.3, 0.4) is 0 Å². The number of amides is 1. The lowest BCUT2D eigenvalue weighted by Gasteiger charge is -2.24. The molecule has 0 aliphatic rings. The molecule has 1 amide bonds. The average Bonchev–Trinajstić information content (AvgIpc) is 3.16. The Labute approximate surface area is 199 Å². The maximum absolute atomic E-state index is 16.1. The zero-order valence-corrected chi connectivity index (χ0v) is 19.7. The second kappa shape index (κ2) is 9.56. The number of carbonyl (C=O) groups is 1. The fourth-order valence-electron chi connectivity index (χ4n) is 4.16. The summed E-state index contributed by atoms with van der Waals surface area (Å²) in [5.74, 6) is -0.101. The number of benzene rings is 3. The van der Waals surface area contributed by atoms with Crippen molar-refractivity contribution >= 4 is 22.6 Å². The number of allylic oxidation sites excluding steroid dienone is 1. The van der Waals surface area contributed by atoms with Crippen molar-refractivity contribution in [1.29, 1.82) is 0 Å². The van der Waals surface area contributed by atoms with Crippen LogP contribution in [0.15, 0.2) is 84.9 Å². The number of ether oxygens (including phenoxy) is 1. The summed E-state index contributed by atoms with van der Waals surface area (Å²) >= 11 is 0. The Morgan fingerprint density at radius 2 is 1.68 bits per heavy atom. The van der Waals surface area contributed by atoms with Gasteiger partial charge in [-0.15, -0.1) is 0 Å². The molecule has 2 N–H and O–H groups in total. The maximum Gasteiger partial charge on any atom is 0.224 e. The summed E-state index contributed by atoms with van der Waals surface area (Å²) in [5.41, 5.74) is 8.77. The van der Waals surface area contributed by atoms with Crippen molar-refractivity contribution in [1.82, 2.24) is 4.57 Å². The highest BCUT2D eigenvalue weighted by atomic mass is 19.1. The Balaban J connectivity index is 1.99. The van der Waals surface area contributed by atoms with Gasteiger partial charge in [0.25, 0.3) is 0 Å². The molecule has 4 rings (SSSR count). The van der Waals surface area contributed by atoms with E-state index in [2.05, 4.69) is 0 Å². The van der Waals surface area contributed by atoms with Crippen LogP contribution in [-0.2, 0) is 17.8 Å². The van der Waals surface area contributed by atoms with Crippen molar-refractivity contribution in [3.05, 3.63) is 96.1 Å². The zero-order valence-electron chi connectivity index (χ0n) is 19.7. The van der Waals surface area contributed by atoms with Gasteiger partial charge in [0, 0.05) is 23.0 Å². The Morgan fingerprint density at radius 3 is 2.29 bits per heavy atom. The molecule has 0 aliphatic carbocycles. The fraction of sp³-hybridized carbons (Fsp3) is 0.207. The van der Waals surface area contributed by atoms with E-state index in [0.717, 1.165) is 22.0 Å². The lowest BCUT2D eigenvalue weighted by molar-refractivity contribution is -0.126. The van der Waals surface area contributed by atoms with Crippen LogP contribution in [0.2, 0.25) is 0 Å². The molecule has 0 fully saturated rings. The third-order valence-electron chi connectivity index (χ3n) is 6.14. The third kappa shape index (κ3) is 4.60. The number of carbonyl (C=O) groups excluding carboxylic acids is 1. The Hall–Kier alpha value is -3.86. The molecule has 4 nitrogen and oxygen atoms in total. The maximum atomic E-state index is 16.1. The molecule has 0 bridgehead atoms. The number of nitrogens with zero attached hydrogens (tertiary/aromatic N) is 1. The van der Waals surface area contributed by atoms with Crippen LogP contribution < -0.4 is 10.5 Å². The van der Waals surface area contributed by atoms with Gasteiger partial charge in [-0.1, -0.05) is 60.7 Å². The quantitative estimate of drug-likeness (QED) is 0.334. The van der Waals surface area contributed by atoms with Crippen LogP contribution in [0.5, 0.6) is 5.75 Å². The number of primary amides is 1. The predicted molar refractivity (Wildman–Crippen MR) is 136 cm³/mol. The van der Waals surface area contributed by atoms with Crippen molar-refractivity contribution in [2.75, 3.05) is 7.11 Å². The summed E-state index contributed by atoms with van der Waals surface area (Å²) in [4.78, 5) is 12.2. The second-order valence-electron chi connectivity index (χ2n) is 9.05. The first-order valence-electron chi connectivity index (χ1n) is 11.3. The molecule has 0 saturated heterocycles. The summed E-state index contributed by atoms with van der Waals surface area (Å²) in [6.45, 7) is 3.92. The zero-order chi connectivity index (χ0) is 24.3. The average molecular weight is 457 g/mol. The van der Waals surface area contributed by atoms with Gasteiger partial charge in [0.05, 0.1) is 18.2 Å². The molecule has 0 radical (unpaired) electrons. The van der Waals surface area contributed by atoms with Gasteiger partial charge in [0.15, 0.2) is 0 Å². The minimum absolute atomic E-state index is 0.307. The number of hydrogen-bond acceptors (Lipinski definition) is 2. The fourth-order valence-corrected chi connectivity index (χ4v) is 4.16. The largest absolute Gasteiger partial charge is 0.497 e. The van der Waals surface area contributed by atoms with E-state index in [4.69, 9.17) is 10.5 Å². The topological polar surface area (TPSA) is 57.2 Å². The van der Waals surface area contributed by atoms with E-state index in [1.165, 1.54) is 0 Å². The van der Waals surface area contributed by atoms with Crippen LogP contribution in [0.25, 0.3) is 28.0 Å². The van der Waals surface area contributed by atoms with Crippen LogP contribution in [0, 0.1) is 5.41 Å². The lowest BCUT2D eigenvalue weighted by Crippen LogP contribution is -2.35. The predicted octanol–water partition coefficient (Wildman–Crippen LogP) is 6.38. The molecular formula is C29H29FN2O2. The molecule has 1 heterocycles. The molecule has 0 spiro atoms. The molecule has 0 saturated carbocycles. The summed E-state index contributed by atoms with van der Waals surface area (Å²) in [6, 6.07) is 25.1. The lowest BCUT2D eigenvalue weighted by atomic mass is 9.92. The SMILES string of the molecule is COc1ccc2c(c1)c(/C(F)=C/Cc1ccccc1)c(-c1ccccc1)n2CC(C)(C)C(N)=O. The van der Waals surface area contributed by atoms with E-state index in [1.807, 2.05) is 83.4 Å². The number of hydrogen-bond donors (Lipinski definition) is 1. The van der Waals surface area contributed by atoms with Gasteiger partial charge < -0.3 is 15.0 Å². The first kappa shape index (κ1) is 23.3. The van der Waals surface area contributed by atoms with Crippen LogP contribution in [0.1, 0.15) is 25.0 Å². The molecule has 0 unspecified atom stereocenters. The summed E-state index contributed by atoms with van der Waals surface area (Å²) in [6.07, 6.45) is 2.07. The van der Waals surface area contributed by atoms with E-state index in [9.17, 15) is 4.79 Å². The Bertz CT molecular complexity index is 1340. The minimum atomic E-state index is -0.836. The first-order chi connectivity index (χ1) is 16.3. The normalized spacial score (nSPS) is 12.2. The Morgan fingerprint density at radius 1 is 1.03 bits per heavy atom. The van der Waals surface area contributed by atoms with Gasteiger partial charge in [-0.25, -0.2) is 4.39 Å². The number of aromatic nitrogens is 1. The monoisotopic (exact) mass is 456 g/mol. The van der Waals surface area contributed by atoms with E-state index in [1.54, 1.807) is 27.0 Å².